The normalized spacial score (nSPS) is 16.9. The van der Waals surface area contributed by atoms with Gasteiger partial charge in [0.1, 0.15) is 5.60 Å². The van der Waals surface area contributed by atoms with Gasteiger partial charge in [0.2, 0.25) is 0 Å². The number of aliphatic carboxylic acids is 1. The van der Waals surface area contributed by atoms with Crippen molar-refractivity contribution in [2.75, 3.05) is 32.7 Å². The molecule has 6 nitrogen and oxygen atoms in total. The minimum atomic E-state index is -1.09. The molecule has 98 valence electrons. The molecule has 1 rings (SSSR count). The Morgan fingerprint density at radius 3 is 2.06 bits per heavy atom. The standard InChI is InChI=1S/C11H20N2O4.Li/c1-11(2,3)17-10(16)13-6-4-12(5-7-13)8-9(14)15;/h4-8H2,1-3H3,(H,14,15);/q;+1/p-1. The fraction of sp³-hybridized carbons (Fsp3) is 0.818. The van der Waals surface area contributed by atoms with Crippen molar-refractivity contribution >= 4 is 12.1 Å². The van der Waals surface area contributed by atoms with E-state index in [1.165, 1.54) is 0 Å². The second-order valence-electron chi connectivity index (χ2n) is 5.12. The molecule has 0 aromatic heterocycles. The number of hydrogen-bond donors (Lipinski definition) is 0. The second kappa shape index (κ2) is 7.03. The summed E-state index contributed by atoms with van der Waals surface area (Å²) in [7, 11) is 0. The molecule has 1 saturated heterocycles. The van der Waals surface area contributed by atoms with Crippen LogP contribution in [0.2, 0.25) is 0 Å². The van der Waals surface area contributed by atoms with E-state index >= 15 is 0 Å². The van der Waals surface area contributed by atoms with Crippen LogP contribution in [0.25, 0.3) is 0 Å². The predicted octanol–water partition coefficient (Wildman–Crippen LogP) is -3.71. The first-order chi connectivity index (χ1) is 7.78. The number of rotatable bonds is 2. The Balaban J connectivity index is 0.00000289. The molecule has 0 spiro atoms. The van der Waals surface area contributed by atoms with Crippen LogP contribution in [-0.4, -0.2) is 60.2 Å². The summed E-state index contributed by atoms with van der Waals surface area (Å²) in [6, 6.07) is 0. The first-order valence-corrected chi connectivity index (χ1v) is 5.68. The van der Waals surface area contributed by atoms with Crippen LogP contribution in [0.3, 0.4) is 0 Å². The maximum absolute atomic E-state index is 11.7. The predicted molar refractivity (Wildman–Crippen MR) is 59.3 cm³/mol. The molecule has 7 heteroatoms. The van der Waals surface area contributed by atoms with Crippen molar-refractivity contribution in [1.82, 2.24) is 9.80 Å². The van der Waals surface area contributed by atoms with Crippen molar-refractivity contribution in [2.45, 2.75) is 26.4 Å². The summed E-state index contributed by atoms with van der Waals surface area (Å²) in [5.41, 5.74) is -0.501. The largest absolute Gasteiger partial charge is 1.00 e. The summed E-state index contributed by atoms with van der Waals surface area (Å²) in [5, 5.41) is 10.4. The van der Waals surface area contributed by atoms with E-state index in [1.54, 1.807) is 9.80 Å². The van der Waals surface area contributed by atoms with E-state index in [1.807, 2.05) is 20.8 Å². The molecule has 0 radical (unpaired) electrons. The number of carboxylic acids is 1. The average Bonchev–Trinajstić information content (AvgIpc) is 2.15. The molecule has 0 bridgehead atoms. The van der Waals surface area contributed by atoms with Gasteiger partial charge in [-0.25, -0.2) is 4.79 Å². The van der Waals surface area contributed by atoms with E-state index in [2.05, 4.69) is 0 Å². The number of piperazine rings is 1. The molecule has 0 aromatic carbocycles. The molecule has 1 aliphatic heterocycles. The van der Waals surface area contributed by atoms with Gasteiger partial charge < -0.3 is 19.5 Å². The van der Waals surface area contributed by atoms with Crippen LogP contribution in [-0.2, 0) is 9.53 Å². The Bertz CT molecular complexity index is 296. The molecule has 18 heavy (non-hydrogen) atoms. The summed E-state index contributed by atoms with van der Waals surface area (Å²) in [6.07, 6.45) is -0.342. The Kier molecular flexibility index (Phi) is 6.75. The molecule has 1 heterocycles. The SMILES string of the molecule is CC(C)(C)OC(=O)N1CCN(CC(=O)[O-])CC1.[Li+]. The molecule has 1 aliphatic rings. The number of hydrogen-bond acceptors (Lipinski definition) is 5. The van der Waals surface area contributed by atoms with Crippen LogP contribution in [0.1, 0.15) is 20.8 Å². The van der Waals surface area contributed by atoms with Gasteiger partial charge >= 0.3 is 25.0 Å². The molecular formula is C11H19LiN2O4. The van der Waals surface area contributed by atoms with E-state index < -0.39 is 11.6 Å². The third kappa shape index (κ3) is 6.29. The maximum atomic E-state index is 11.7. The van der Waals surface area contributed by atoms with Crippen LogP contribution >= 0.6 is 0 Å². The molecule has 1 amide bonds. The third-order valence-corrected chi connectivity index (χ3v) is 2.38. The topological polar surface area (TPSA) is 72.9 Å². The van der Waals surface area contributed by atoms with Gasteiger partial charge in [-0.1, -0.05) is 0 Å². The van der Waals surface area contributed by atoms with Gasteiger partial charge in [0.25, 0.3) is 0 Å². The third-order valence-electron chi connectivity index (χ3n) is 2.38. The Labute approximate surface area is 119 Å². The van der Waals surface area contributed by atoms with Crippen LogP contribution in [0, 0.1) is 0 Å². The van der Waals surface area contributed by atoms with Gasteiger partial charge in [0.15, 0.2) is 0 Å². The van der Waals surface area contributed by atoms with Gasteiger partial charge in [0, 0.05) is 32.7 Å². The number of carbonyl (C=O) groups is 2. The van der Waals surface area contributed by atoms with Crippen LogP contribution in [0.5, 0.6) is 0 Å². The zero-order valence-corrected chi connectivity index (χ0v) is 11.6. The van der Waals surface area contributed by atoms with E-state index in [-0.39, 0.29) is 31.5 Å². The van der Waals surface area contributed by atoms with Crippen LogP contribution < -0.4 is 24.0 Å². The van der Waals surface area contributed by atoms with Crippen molar-refractivity contribution in [1.29, 1.82) is 0 Å². The zero-order valence-electron chi connectivity index (χ0n) is 11.6. The zero-order chi connectivity index (χ0) is 13.1. The number of nitrogens with zero attached hydrogens (tertiary/aromatic N) is 2. The second-order valence-corrected chi connectivity index (χ2v) is 5.12. The molecular weight excluding hydrogens is 231 g/mol. The van der Waals surface area contributed by atoms with E-state index in [9.17, 15) is 14.7 Å². The fourth-order valence-electron chi connectivity index (χ4n) is 1.60. The Hall–Kier alpha value is -0.703. The average molecular weight is 250 g/mol. The van der Waals surface area contributed by atoms with Gasteiger partial charge in [-0.3, -0.25) is 4.90 Å². The summed E-state index contributed by atoms with van der Waals surface area (Å²) in [6.45, 7) is 7.42. The minimum absolute atomic E-state index is 0. The number of carbonyl (C=O) groups excluding carboxylic acids is 2. The Morgan fingerprint density at radius 2 is 1.67 bits per heavy atom. The molecule has 0 saturated carbocycles. The van der Waals surface area contributed by atoms with Crippen molar-refractivity contribution in [3.63, 3.8) is 0 Å². The van der Waals surface area contributed by atoms with Crippen LogP contribution in [0.4, 0.5) is 4.79 Å². The first-order valence-electron chi connectivity index (χ1n) is 5.68. The first kappa shape index (κ1) is 17.3. The fourth-order valence-corrected chi connectivity index (χ4v) is 1.60. The molecule has 0 aromatic rings. The maximum Gasteiger partial charge on any atom is 1.00 e. The molecule has 0 unspecified atom stereocenters. The summed E-state index contributed by atoms with van der Waals surface area (Å²) < 4.78 is 5.23. The van der Waals surface area contributed by atoms with E-state index in [0.717, 1.165) is 0 Å². The van der Waals surface area contributed by atoms with Crippen molar-refractivity contribution in [2.24, 2.45) is 0 Å². The molecule has 0 atom stereocenters. The van der Waals surface area contributed by atoms with Crippen molar-refractivity contribution in [3.05, 3.63) is 0 Å². The molecule has 1 fully saturated rings. The summed E-state index contributed by atoms with van der Waals surface area (Å²) in [5.74, 6) is -1.09. The van der Waals surface area contributed by atoms with Crippen LogP contribution in [0.15, 0.2) is 0 Å². The van der Waals surface area contributed by atoms with Gasteiger partial charge in [0.05, 0.1) is 5.97 Å². The van der Waals surface area contributed by atoms with Crippen molar-refractivity contribution < 1.29 is 38.3 Å². The van der Waals surface area contributed by atoms with Crippen molar-refractivity contribution in [3.8, 4) is 0 Å². The quantitative estimate of drug-likeness (QED) is 0.472. The summed E-state index contributed by atoms with van der Waals surface area (Å²) in [4.78, 5) is 25.5. The van der Waals surface area contributed by atoms with Gasteiger partial charge in [-0.15, -0.1) is 0 Å². The van der Waals surface area contributed by atoms with Gasteiger partial charge in [-0.05, 0) is 20.8 Å². The van der Waals surface area contributed by atoms with Gasteiger partial charge in [-0.2, -0.15) is 0 Å². The monoisotopic (exact) mass is 250 g/mol. The number of amides is 1. The molecule has 0 N–H and O–H groups in total. The minimum Gasteiger partial charge on any atom is -0.549 e. The summed E-state index contributed by atoms with van der Waals surface area (Å²) >= 11 is 0. The number of ether oxygens (including phenoxy) is 1. The van der Waals surface area contributed by atoms with E-state index in [0.29, 0.717) is 26.2 Å². The Morgan fingerprint density at radius 1 is 1.17 bits per heavy atom. The smallest absolute Gasteiger partial charge is 0.549 e. The molecule has 0 aliphatic carbocycles. The van der Waals surface area contributed by atoms with E-state index in [4.69, 9.17) is 4.74 Å². The number of carboxylic acid groups (broad SMARTS) is 1.